The highest BCUT2D eigenvalue weighted by molar-refractivity contribution is 7.88. The predicted molar refractivity (Wildman–Crippen MR) is 66.7 cm³/mol. The minimum Gasteiger partial charge on any atom is -0.213 e. The quantitative estimate of drug-likeness (QED) is 0.791. The highest BCUT2D eigenvalue weighted by atomic mass is 32.2. The molecule has 1 aromatic rings. The van der Waals surface area contributed by atoms with Crippen molar-refractivity contribution in [2.75, 3.05) is 13.3 Å². The second-order valence-electron chi connectivity index (χ2n) is 4.04. The van der Waals surface area contributed by atoms with Gasteiger partial charge in [0, 0.05) is 13.6 Å². The fourth-order valence-electron chi connectivity index (χ4n) is 1.58. The molecule has 0 saturated carbocycles. The minimum atomic E-state index is -3.10. The third-order valence-electron chi connectivity index (χ3n) is 2.60. The van der Waals surface area contributed by atoms with Gasteiger partial charge in [-0.1, -0.05) is 37.6 Å². The standard InChI is InChI=1S/C12H19NO2S/c1-4-7-11-8-5-6-9-12(11)10-13(2)16(3,14)15/h5-6,8-9H,4,7,10H2,1-3H3. The number of hydrogen-bond donors (Lipinski definition) is 0. The van der Waals surface area contributed by atoms with Crippen LogP contribution in [-0.2, 0) is 23.0 Å². The van der Waals surface area contributed by atoms with Gasteiger partial charge in [-0.05, 0) is 17.5 Å². The third-order valence-corrected chi connectivity index (χ3v) is 3.86. The van der Waals surface area contributed by atoms with E-state index in [9.17, 15) is 8.42 Å². The van der Waals surface area contributed by atoms with Crippen LogP contribution in [0.25, 0.3) is 0 Å². The summed E-state index contributed by atoms with van der Waals surface area (Å²) in [6.45, 7) is 2.58. The van der Waals surface area contributed by atoms with Gasteiger partial charge in [0.1, 0.15) is 0 Å². The van der Waals surface area contributed by atoms with Crippen molar-refractivity contribution in [3.05, 3.63) is 35.4 Å². The lowest BCUT2D eigenvalue weighted by Crippen LogP contribution is -2.25. The SMILES string of the molecule is CCCc1ccccc1CN(C)S(C)(=O)=O. The van der Waals surface area contributed by atoms with E-state index < -0.39 is 10.0 Å². The van der Waals surface area contributed by atoms with E-state index in [0.29, 0.717) is 6.54 Å². The molecule has 0 atom stereocenters. The summed E-state index contributed by atoms with van der Waals surface area (Å²) in [6.07, 6.45) is 3.29. The number of hydrogen-bond acceptors (Lipinski definition) is 2. The van der Waals surface area contributed by atoms with Crippen LogP contribution in [0.1, 0.15) is 24.5 Å². The van der Waals surface area contributed by atoms with E-state index in [0.717, 1.165) is 18.4 Å². The summed E-state index contributed by atoms with van der Waals surface area (Å²) in [4.78, 5) is 0. The molecule has 0 saturated heterocycles. The van der Waals surface area contributed by atoms with E-state index >= 15 is 0 Å². The summed E-state index contributed by atoms with van der Waals surface area (Å²) in [5, 5.41) is 0. The second-order valence-corrected chi connectivity index (χ2v) is 6.13. The zero-order valence-electron chi connectivity index (χ0n) is 10.1. The Kier molecular flexibility index (Phi) is 4.50. The van der Waals surface area contributed by atoms with Crippen LogP contribution in [0.2, 0.25) is 0 Å². The van der Waals surface area contributed by atoms with Crippen molar-refractivity contribution in [1.82, 2.24) is 4.31 Å². The normalized spacial score (nSPS) is 12.0. The Bertz CT molecular complexity index is 440. The topological polar surface area (TPSA) is 37.4 Å². The number of aryl methyl sites for hydroxylation is 1. The lowest BCUT2D eigenvalue weighted by Gasteiger charge is -2.16. The van der Waals surface area contributed by atoms with Crippen LogP contribution in [0, 0.1) is 0 Å². The summed E-state index contributed by atoms with van der Waals surface area (Å²) in [5.41, 5.74) is 2.33. The Balaban J connectivity index is 2.88. The molecule has 90 valence electrons. The first-order chi connectivity index (χ1) is 7.45. The van der Waals surface area contributed by atoms with E-state index in [1.165, 1.54) is 16.1 Å². The van der Waals surface area contributed by atoms with Gasteiger partial charge in [-0.2, -0.15) is 0 Å². The Morgan fingerprint density at radius 3 is 2.25 bits per heavy atom. The van der Waals surface area contributed by atoms with Crippen molar-refractivity contribution in [2.45, 2.75) is 26.3 Å². The summed E-state index contributed by atoms with van der Waals surface area (Å²) in [5.74, 6) is 0. The van der Waals surface area contributed by atoms with Crippen LogP contribution in [0.4, 0.5) is 0 Å². The zero-order chi connectivity index (χ0) is 12.2. The van der Waals surface area contributed by atoms with Crippen molar-refractivity contribution >= 4 is 10.0 Å². The maximum atomic E-state index is 11.3. The Hall–Kier alpha value is -0.870. The van der Waals surface area contributed by atoms with Crippen molar-refractivity contribution in [3.63, 3.8) is 0 Å². The number of benzene rings is 1. The highest BCUT2D eigenvalue weighted by Gasteiger charge is 2.12. The molecule has 0 N–H and O–H groups in total. The summed E-state index contributed by atoms with van der Waals surface area (Å²) in [6, 6.07) is 8.00. The highest BCUT2D eigenvalue weighted by Crippen LogP contribution is 2.14. The molecular formula is C12H19NO2S. The Morgan fingerprint density at radius 2 is 1.75 bits per heavy atom. The van der Waals surface area contributed by atoms with Gasteiger partial charge in [-0.3, -0.25) is 0 Å². The average molecular weight is 241 g/mol. The van der Waals surface area contributed by atoms with Gasteiger partial charge in [-0.25, -0.2) is 12.7 Å². The van der Waals surface area contributed by atoms with E-state index in [2.05, 4.69) is 13.0 Å². The molecule has 3 nitrogen and oxygen atoms in total. The van der Waals surface area contributed by atoms with Crippen LogP contribution >= 0.6 is 0 Å². The molecule has 1 rings (SSSR count). The van der Waals surface area contributed by atoms with Crippen LogP contribution in [0.3, 0.4) is 0 Å². The van der Waals surface area contributed by atoms with Crippen LogP contribution in [-0.4, -0.2) is 26.0 Å². The first kappa shape index (κ1) is 13.2. The van der Waals surface area contributed by atoms with Gasteiger partial charge in [0.2, 0.25) is 10.0 Å². The van der Waals surface area contributed by atoms with Crippen LogP contribution in [0.5, 0.6) is 0 Å². The Labute approximate surface area is 98.1 Å². The summed E-state index contributed by atoms with van der Waals surface area (Å²) < 4.78 is 24.0. The van der Waals surface area contributed by atoms with Crippen LogP contribution < -0.4 is 0 Å². The van der Waals surface area contributed by atoms with Crippen molar-refractivity contribution < 1.29 is 8.42 Å². The first-order valence-corrected chi connectivity index (χ1v) is 7.28. The van der Waals surface area contributed by atoms with E-state index in [4.69, 9.17) is 0 Å². The van der Waals surface area contributed by atoms with E-state index in [1.54, 1.807) is 7.05 Å². The molecule has 0 amide bonds. The first-order valence-electron chi connectivity index (χ1n) is 5.43. The maximum absolute atomic E-state index is 11.3. The molecule has 1 aromatic carbocycles. The molecule has 4 heteroatoms. The largest absolute Gasteiger partial charge is 0.213 e. The molecule has 0 spiro atoms. The number of sulfonamides is 1. The summed E-state index contributed by atoms with van der Waals surface area (Å²) in [7, 11) is -1.49. The molecule has 0 bridgehead atoms. The van der Waals surface area contributed by atoms with Gasteiger partial charge in [0.05, 0.1) is 6.26 Å². The molecule has 16 heavy (non-hydrogen) atoms. The van der Waals surface area contributed by atoms with Gasteiger partial charge in [-0.15, -0.1) is 0 Å². The van der Waals surface area contributed by atoms with Crippen molar-refractivity contribution in [1.29, 1.82) is 0 Å². The Morgan fingerprint density at radius 1 is 1.19 bits per heavy atom. The smallest absolute Gasteiger partial charge is 0.211 e. The molecule has 0 unspecified atom stereocenters. The second kappa shape index (κ2) is 5.46. The molecule has 0 aliphatic heterocycles. The van der Waals surface area contributed by atoms with Gasteiger partial charge in [0.15, 0.2) is 0 Å². The molecule has 0 heterocycles. The van der Waals surface area contributed by atoms with E-state index in [-0.39, 0.29) is 0 Å². The molecule has 0 aliphatic carbocycles. The number of nitrogens with zero attached hydrogens (tertiary/aromatic N) is 1. The van der Waals surface area contributed by atoms with E-state index in [1.807, 2.05) is 18.2 Å². The molecule has 0 radical (unpaired) electrons. The number of rotatable bonds is 5. The average Bonchev–Trinajstić information content (AvgIpc) is 2.20. The van der Waals surface area contributed by atoms with Crippen molar-refractivity contribution in [2.24, 2.45) is 0 Å². The van der Waals surface area contributed by atoms with Crippen LogP contribution in [0.15, 0.2) is 24.3 Å². The molecular weight excluding hydrogens is 222 g/mol. The maximum Gasteiger partial charge on any atom is 0.211 e. The monoisotopic (exact) mass is 241 g/mol. The van der Waals surface area contributed by atoms with Gasteiger partial charge < -0.3 is 0 Å². The zero-order valence-corrected chi connectivity index (χ0v) is 10.9. The van der Waals surface area contributed by atoms with Gasteiger partial charge in [0.25, 0.3) is 0 Å². The fourth-order valence-corrected chi connectivity index (χ4v) is 1.96. The predicted octanol–water partition coefficient (Wildman–Crippen LogP) is 2.03. The molecule has 0 aliphatic rings. The lowest BCUT2D eigenvalue weighted by molar-refractivity contribution is 0.470. The minimum absolute atomic E-state index is 0.453. The fraction of sp³-hybridized carbons (Fsp3) is 0.500. The van der Waals surface area contributed by atoms with Crippen molar-refractivity contribution in [3.8, 4) is 0 Å². The lowest BCUT2D eigenvalue weighted by atomic mass is 10.0. The molecule has 0 fully saturated rings. The van der Waals surface area contributed by atoms with Gasteiger partial charge >= 0.3 is 0 Å². The third kappa shape index (κ3) is 3.61. The summed E-state index contributed by atoms with van der Waals surface area (Å²) >= 11 is 0. The molecule has 0 aromatic heterocycles.